The van der Waals surface area contributed by atoms with E-state index < -0.39 is 43.0 Å². The molecule has 1 saturated heterocycles. The highest BCUT2D eigenvalue weighted by Crippen LogP contribution is 2.61. The summed E-state index contributed by atoms with van der Waals surface area (Å²) in [5.74, 6) is 0.217. The molecule has 1 aromatic carbocycles. The largest absolute Gasteiger partial charge is 0.863 e. The molecule has 1 heterocycles. The lowest BCUT2D eigenvalue weighted by Crippen LogP contribution is -2.24. The van der Waals surface area contributed by atoms with Crippen LogP contribution in [0.4, 0.5) is 17.1 Å². The van der Waals surface area contributed by atoms with E-state index in [2.05, 4.69) is 12.2 Å². The van der Waals surface area contributed by atoms with Gasteiger partial charge < -0.3 is 5.11 Å². The van der Waals surface area contributed by atoms with Gasteiger partial charge in [-0.3, -0.25) is 20.2 Å². The Bertz CT molecular complexity index is 852. The molecule has 0 radical (unpaired) electrons. The molecule has 1 aliphatic heterocycles. The molecule has 3 rings (SSSR count). The molecule has 1 aliphatic carbocycles. The van der Waals surface area contributed by atoms with Crippen molar-refractivity contribution in [1.82, 2.24) is 0 Å². The van der Waals surface area contributed by atoms with Gasteiger partial charge in [-0.1, -0.05) is 25.0 Å². The number of rotatable bonds is 6. The van der Waals surface area contributed by atoms with Gasteiger partial charge in [-0.25, -0.2) is 0 Å². The zero-order valence-electron chi connectivity index (χ0n) is 15.9. The van der Waals surface area contributed by atoms with Gasteiger partial charge in [0.1, 0.15) is 0 Å². The first-order valence-electron chi connectivity index (χ1n) is 9.59. The second-order valence-corrected chi connectivity index (χ2v) is 10.6. The monoisotopic (exact) mass is 425 g/mol. The zero-order valence-corrected chi connectivity index (χ0v) is 16.7. The number of hydrogen-bond acceptors (Lipinski definition) is 7. The third-order valence-corrected chi connectivity index (χ3v) is 9.23. The van der Waals surface area contributed by atoms with Crippen LogP contribution in [0.5, 0.6) is 5.75 Å². The van der Waals surface area contributed by atoms with Crippen LogP contribution in [0.15, 0.2) is 24.3 Å². The summed E-state index contributed by atoms with van der Waals surface area (Å²) in [6.45, 7) is 0. The molecule has 1 fully saturated rings. The fourth-order valence-corrected chi connectivity index (χ4v) is 7.65. The Morgan fingerprint density at radius 2 is 1.62 bits per heavy atom. The highest BCUT2D eigenvalue weighted by Gasteiger charge is 2.44. The van der Waals surface area contributed by atoms with E-state index >= 15 is 0 Å². The Labute approximate surface area is 168 Å². The lowest BCUT2D eigenvalue weighted by molar-refractivity contribution is -0.699. The number of benzene rings is 1. The van der Waals surface area contributed by atoms with Crippen molar-refractivity contribution in [3.05, 3.63) is 49.4 Å². The molecule has 0 amide bonds. The van der Waals surface area contributed by atoms with Gasteiger partial charge in [-0.15, -0.1) is 0 Å². The first-order chi connectivity index (χ1) is 13.8. The predicted octanol–water partition coefficient (Wildman–Crippen LogP) is 4.32. The maximum absolute atomic E-state index is 12.8. The van der Waals surface area contributed by atoms with E-state index in [0.29, 0.717) is 17.6 Å². The van der Waals surface area contributed by atoms with Crippen LogP contribution in [-0.4, -0.2) is 31.5 Å². The number of allylic oxidation sites excluding steroid dienone is 1. The van der Waals surface area contributed by atoms with Gasteiger partial charge in [0, 0.05) is 16.8 Å². The van der Waals surface area contributed by atoms with Crippen molar-refractivity contribution in [2.75, 3.05) is 11.5 Å². The first kappa shape index (κ1) is 21.0. The molecule has 1 atom stereocenters. The number of nitro groups is 2. The summed E-state index contributed by atoms with van der Waals surface area (Å²) in [7, 11) is -1.88. The van der Waals surface area contributed by atoms with Gasteiger partial charge in [0.2, 0.25) is 0 Å². The molecule has 158 valence electrons. The molecule has 0 aromatic heterocycles. The van der Waals surface area contributed by atoms with E-state index in [1.807, 2.05) is 0 Å². The molecular formula is C18H23N3O7S. The molecule has 0 bridgehead atoms. The Morgan fingerprint density at radius 1 is 0.931 bits per heavy atom. The summed E-state index contributed by atoms with van der Waals surface area (Å²) < 4.78 is 5.84. The van der Waals surface area contributed by atoms with Crippen LogP contribution in [0.1, 0.15) is 44.9 Å². The van der Waals surface area contributed by atoms with Crippen LogP contribution in [0.2, 0.25) is 0 Å². The number of nitrogens with zero attached hydrogens (tertiary/aromatic N) is 3. The summed E-state index contributed by atoms with van der Waals surface area (Å²) in [4.78, 5) is 33.1. The van der Waals surface area contributed by atoms with E-state index in [9.17, 15) is 30.2 Å². The smallest absolute Gasteiger partial charge is 0.323 e. The minimum absolute atomic E-state index is 0.00437. The first-order valence-corrected chi connectivity index (χ1v) is 11.5. The second kappa shape index (κ2) is 8.76. The normalized spacial score (nSPS) is 23.4. The highest BCUT2D eigenvalue weighted by molar-refractivity contribution is 8.30. The topological polar surface area (TPSA) is 139 Å². The number of non-ortho nitro benzene ring substituents is 1. The minimum Gasteiger partial charge on any atom is -0.863 e. The highest BCUT2D eigenvalue weighted by atomic mass is 32.3. The van der Waals surface area contributed by atoms with E-state index in [-0.39, 0.29) is 10.2 Å². The van der Waals surface area contributed by atoms with Crippen LogP contribution in [0.3, 0.4) is 0 Å². The van der Waals surface area contributed by atoms with Crippen LogP contribution in [0.25, 0.3) is 0 Å². The molecule has 1 aromatic rings. The van der Waals surface area contributed by atoms with Gasteiger partial charge in [-0.2, -0.15) is 4.28 Å². The zero-order chi connectivity index (χ0) is 21.0. The molecule has 1 unspecified atom stereocenters. The minimum atomic E-state index is -1.88. The fraction of sp³-hybridized carbons (Fsp3) is 0.556. The molecule has 0 spiro atoms. The van der Waals surface area contributed by atoms with Crippen molar-refractivity contribution in [2.24, 2.45) is 0 Å². The van der Waals surface area contributed by atoms with Gasteiger partial charge in [0.05, 0.1) is 32.6 Å². The third-order valence-electron chi connectivity index (χ3n) is 5.35. The molecule has 2 aliphatic rings. The van der Waals surface area contributed by atoms with Crippen molar-refractivity contribution < 1.29 is 24.2 Å². The molecule has 29 heavy (non-hydrogen) atoms. The lowest BCUT2D eigenvalue weighted by atomic mass is 10.1. The van der Waals surface area contributed by atoms with Crippen molar-refractivity contribution in [3.8, 4) is 5.75 Å². The maximum Gasteiger partial charge on any atom is 0.323 e. The van der Waals surface area contributed by atoms with Gasteiger partial charge in [0.25, 0.3) is 16.3 Å². The average Bonchev–Trinajstić information content (AvgIpc) is 3.10. The van der Waals surface area contributed by atoms with Crippen molar-refractivity contribution in [3.63, 3.8) is 0 Å². The van der Waals surface area contributed by atoms with E-state index in [1.165, 1.54) is 0 Å². The van der Waals surface area contributed by atoms with Crippen LogP contribution in [0, 0.1) is 25.1 Å². The van der Waals surface area contributed by atoms with Crippen LogP contribution < -0.4 is 5.11 Å². The number of hydrogen-bond donors (Lipinski definition) is 0. The maximum atomic E-state index is 12.8. The summed E-state index contributed by atoms with van der Waals surface area (Å²) in [5, 5.41) is 34.7. The lowest BCUT2D eigenvalue weighted by Gasteiger charge is -2.35. The summed E-state index contributed by atoms with van der Waals surface area (Å²) in [6, 6.07) is 1.31. The van der Waals surface area contributed by atoms with Gasteiger partial charge in [-0.05, 0) is 42.4 Å². The van der Waals surface area contributed by atoms with E-state index in [0.717, 1.165) is 51.0 Å². The predicted molar refractivity (Wildman–Crippen MR) is 106 cm³/mol. The van der Waals surface area contributed by atoms with Gasteiger partial charge in [0.15, 0.2) is 0 Å². The van der Waals surface area contributed by atoms with E-state index in [1.54, 1.807) is 0 Å². The summed E-state index contributed by atoms with van der Waals surface area (Å²) in [5.41, 5.74) is -2.43. The quantitative estimate of drug-likeness (QED) is 0.375. The molecule has 11 heteroatoms. The summed E-state index contributed by atoms with van der Waals surface area (Å²) in [6.07, 6.45) is 11.1. The van der Waals surface area contributed by atoms with Crippen molar-refractivity contribution in [1.29, 1.82) is 0 Å². The van der Waals surface area contributed by atoms with Crippen molar-refractivity contribution >= 4 is 27.4 Å². The Hall–Kier alpha value is -2.69. The Balaban J connectivity index is 1.95. The van der Waals surface area contributed by atoms with E-state index in [4.69, 9.17) is 4.28 Å². The average molecular weight is 425 g/mol. The van der Waals surface area contributed by atoms with Crippen LogP contribution >= 0.6 is 10.3 Å². The Kier molecular flexibility index (Phi) is 6.36. The molecular weight excluding hydrogens is 402 g/mol. The molecule has 0 N–H and O–H groups in total. The van der Waals surface area contributed by atoms with Crippen molar-refractivity contribution in [2.45, 2.75) is 50.2 Å². The second-order valence-electron chi connectivity index (χ2n) is 7.25. The third kappa shape index (κ3) is 4.50. The van der Waals surface area contributed by atoms with Crippen LogP contribution in [-0.2, 0) is 4.28 Å². The summed E-state index contributed by atoms with van der Waals surface area (Å²) >= 11 is 0. The molecule has 0 saturated carbocycles. The fourth-order valence-electron chi connectivity index (χ4n) is 3.85. The SMILES string of the molecule is O=[N+]([O-])c1cc([N+](=O)[O-])c([O-])c([N+](=O)OS2(C3/C=C\CCCCC3)CCCC2)c1. The number of nitro benzene ring substituents is 2. The van der Waals surface area contributed by atoms with Gasteiger partial charge >= 0.3 is 5.69 Å². The molecule has 10 nitrogen and oxygen atoms in total. The Morgan fingerprint density at radius 3 is 2.28 bits per heavy atom. The standard InChI is InChI=1S/C18H23N3O7S/c22-18-16(20(25)26)12-14(19(23)24)13-17(18)21(27)28-29(10-6-7-11-29)15-8-4-2-1-3-5-9-15/h4,8,12-13,15H,1-3,5-7,9-11H2/b8-4-.